The summed E-state index contributed by atoms with van der Waals surface area (Å²) in [5.41, 5.74) is 0.887. The van der Waals surface area contributed by atoms with Crippen molar-refractivity contribution in [2.24, 2.45) is 4.99 Å². The number of sulfone groups is 1. The highest BCUT2D eigenvalue weighted by Gasteiger charge is 2.09. The van der Waals surface area contributed by atoms with E-state index in [1.165, 1.54) is 30.5 Å². The van der Waals surface area contributed by atoms with Gasteiger partial charge in [-0.25, -0.2) is 22.8 Å². The Morgan fingerprint density at radius 2 is 1.93 bits per heavy atom. The molecule has 0 aliphatic rings. The molecular formula is C20H28FIN4O3S. The minimum atomic E-state index is -2.99. The number of rotatable bonds is 9. The van der Waals surface area contributed by atoms with Crippen molar-refractivity contribution >= 4 is 39.8 Å². The van der Waals surface area contributed by atoms with Gasteiger partial charge in [0.2, 0.25) is 5.88 Å². The third-order valence-corrected chi connectivity index (χ3v) is 4.88. The molecule has 0 amide bonds. The Balaban J connectivity index is 0.00000450. The molecule has 0 spiro atoms. The van der Waals surface area contributed by atoms with Gasteiger partial charge >= 0.3 is 0 Å². The molecular weight excluding hydrogens is 522 g/mol. The fourth-order valence-electron chi connectivity index (χ4n) is 2.37. The van der Waals surface area contributed by atoms with Crippen molar-refractivity contribution in [1.82, 2.24) is 15.6 Å². The summed E-state index contributed by atoms with van der Waals surface area (Å²) in [6.45, 7) is 4.97. The lowest BCUT2D eigenvalue weighted by Crippen LogP contribution is -2.42. The molecule has 0 aliphatic carbocycles. The molecule has 0 aliphatic heterocycles. The van der Waals surface area contributed by atoms with Crippen LogP contribution in [0.2, 0.25) is 0 Å². The van der Waals surface area contributed by atoms with Gasteiger partial charge in [0.25, 0.3) is 0 Å². The van der Waals surface area contributed by atoms with Gasteiger partial charge < -0.3 is 15.4 Å². The Morgan fingerprint density at radius 3 is 2.50 bits per heavy atom. The van der Waals surface area contributed by atoms with Gasteiger partial charge in [0, 0.05) is 31.1 Å². The molecule has 0 saturated carbocycles. The van der Waals surface area contributed by atoms with Gasteiger partial charge in [0.15, 0.2) is 5.96 Å². The average molecular weight is 550 g/mol. The van der Waals surface area contributed by atoms with E-state index in [4.69, 9.17) is 4.74 Å². The number of pyridine rings is 1. The predicted molar refractivity (Wildman–Crippen MR) is 128 cm³/mol. The Morgan fingerprint density at radius 1 is 1.23 bits per heavy atom. The number of aliphatic imine (C=N–C) groups is 1. The number of halogens is 2. The van der Waals surface area contributed by atoms with Gasteiger partial charge in [-0.05, 0) is 50.1 Å². The minimum absolute atomic E-state index is 0. The fourth-order valence-corrected chi connectivity index (χ4v) is 3.16. The summed E-state index contributed by atoms with van der Waals surface area (Å²) in [5.74, 6) is 1.32. The van der Waals surface area contributed by atoms with E-state index in [0.717, 1.165) is 5.56 Å². The van der Waals surface area contributed by atoms with Gasteiger partial charge in [-0.1, -0.05) is 6.07 Å². The average Bonchev–Trinajstić information content (AvgIpc) is 2.67. The van der Waals surface area contributed by atoms with Crippen molar-refractivity contribution in [3.05, 3.63) is 54.0 Å². The number of nitrogens with zero attached hydrogens (tertiary/aromatic N) is 2. The van der Waals surface area contributed by atoms with Crippen molar-refractivity contribution in [3.8, 4) is 11.6 Å². The molecule has 10 heteroatoms. The van der Waals surface area contributed by atoms with Crippen LogP contribution in [0.3, 0.4) is 0 Å². The SMILES string of the molecule is CCNC(=NCc1ccc(Oc2ccc(F)cc2)nc1)NC(C)CCS(C)(=O)=O.I. The number of hydrogen-bond acceptors (Lipinski definition) is 5. The van der Waals surface area contributed by atoms with Crippen LogP contribution >= 0.6 is 24.0 Å². The smallest absolute Gasteiger partial charge is 0.219 e. The van der Waals surface area contributed by atoms with Crippen LogP contribution in [0.25, 0.3) is 0 Å². The molecule has 7 nitrogen and oxygen atoms in total. The standard InChI is InChI=1S/C20H27FN4O3S.HI/c1-4-22-20(25-15(2)11-12-29(3,26)27)24-14-16-5-10-19(23-13-16)28-18-8-6-17(21)7-9-18;/h5-10,13,15H,4,11-12,14H2,1-3H3,(H2,22,24,25);1H. The second-order valence-corrected chi connectivity index (χ2v) is 8.98. The van der Waals surface area contributed by atoms with Gasteiger partial charge in [-0.2, -0.15) is 0 Å². The first-order valence-electron chi connectivity index (χ1n) is 9.36. The van der Waals surface area contributed by atoms with E-state index >= 15 is 0 Å². The first-order chi connectivity index (χ1) is 13.7. The van der Waals surface area contributed by atoms with Crippen LogP contribution < -0.4 is 15.4 Å². The molecule has 2 N–H and O–H groups in total. The highest BCUT2D eigenvalue weighted by Crippen LogP contribution is 2.19. The topological polar surface area (TPSA) is 92.7 Å². The molecule has 2 rings (SSSR count). The number of guanidine groups is 1. The summed E-state index contributed by atoms with van der Waals surface area (Å²) in [7, 11) is -2.99. The third-order valence-electron chi connectivity index (χ3n) is 3.90. The fraction of sp³-hybridized carbons (Fsp3) is 0.400. The molecule has 30 heavy (non-hydrogen) atoms. The van der Waals surface area contributed by atoms with E-state index < -0.39 is 9.84 Å². The maximum atomic E-state index is 12.9. The normalized spacial score (nSPS) is 12.6. The zero-order valence-corrected chi connectivity index (χ0v) is 20.4. The summed E-state index contributed by atoms with van der Waals surface area (Å²) in [5, 5.41) is 6.35. The van der Waals surface area contributed by atoms with Crippen LogP contribution in [0.5, 0.6) is 11.6 Å². The van der Waals surface area contributed by atoms with Crippen molar-refractivity contribution in [3.63, 3.8) is 0 Å². The predicted octanol–water partition coefficient (Wildman–Crippen LogP) is 3.51. The van der Waals surface area contributed by atoms with Crippen molar-refractivity contribution in [1.29, 1.82) is 0 Å². The second kappa shape index (κ2) is 12.7. The molecule has 0 saturated heterocycles. The molecule has 1 aromatic carbocycles. The van der Waals surface area contributed by atoms with Crippen LogP contribution in [-0.4, -0.2) is 44.0 Å². The van der Waals surface area contributed by atoms with Crippen LogP contribution in [0.15, 0.2) is 47.6 Å². The zero-order chi connectivity index (χ0) is 21.3. The minimum Gasteiger partial charge on any atom is -0.439 e. The van der Waals surface area contributed by atoms with Gasteiger partial charge in [-0.15, -0.1) is 24.0 Å². The molecule has 2 aromatic rings. The molecule has 0 fully saturated rings. The molecule has 0 radical (unpaired) electrons. The molecule has 1 heterocycles. The monoisotopic (exact) mass is 550 g/mol. The first-order valence-corrected chi connectivity index (χ1v) is 11.4. The van der Waals surface area contributed by atoms with Crippen LogP contribution in [0, 0.1) is 5.82 Å². The van der Waals surface area contributed by atoms with E-state index in [9.17, 15) is 12.8 Å². The highest BCUT2D eigenvalue weighted by atomic mass is 127. The summed E-state index contributed by atoms with van der Waals surface area (Å²) >= 11 is 0. The Bertz CT molecular complexity index is 907. The number of aromatic nitrogens is 1. The van der Waals surface area contributed by atoms with Crippen molar-refractivity contribution in [2.75, 3.05) is 18.6 Å². The van der Waals surface area contributed by atoms with Gasteiger partial charge in [-0.3, -0.25) is 0 Å². The molecule has 1 atom stereocenters. The Hall–Kier alpha value is -1.95. The summed E-state index contributed by atoms with van der Waals surface area (Å²) in [4.78, 5) is 8.76. The lowest BCUT2D eigenvalue weighted by atomic mass is 10.2. The number of benzene rings is 1. The van der Waals surface area contributed by atoms with E-state index in [2.05, 4.69) is 20.6 Å². The highest BCUT2D eigenvalue weighted by molar-refractivity contribution is 14.0. The zero-order valence-electron chi connectivity index (χ0n) is 17.3. The van der Waals surface area contributed by atoms with E-state index in [1.54, 1.807) is 12.3 Å². The lowest BCUT2D eigenvalue weighted by Gasteiger charge is -2.17. The molecule has 1 unspecified atom stereocenters. The Labute approximate surface area is 194 Å². The van der Waals surface area contributed by atoms with Crippen molar-refractivity contribution in [2.45, 2.75) is 32.9 Å². The van der Waals surface area contributed by atoms with E-state index in [0.29, 0.717) is 37.1 Å². The van der Waals surface area contributed by atoms with Crippen LogP contribution in [0.1, 0.15) is 25.8 Å². The van der Waals surface area contributed by atoms with E-state index in [-0.39, 0.29) is 41.6 Å². The quantitative estimate of drug-likeness (QED) is 0.282. The maximum absolute atomic E-state index is 12.9. The van der Waals surface area contributed by atoms with Crippen molar-refractivity contribution < 1.29 is 17.5 Å². The van der Waals surface area contributed by atoms with Crippen LogP contribution in [0.4, 0.5) is 4.39 Å². The van der Waals surface area contributed by atoms with Crippen LogP contribution in [-0.2, 0) is 16.4 Å². The maximum Gasteiger partial charge on any atom is 0.219 e. The second-order valence-electron chi connectivity index (χ2n) is 6.72. The number of nitrogens with one attached hydrogen (secondary N) is 2. The number of ether oxygens (including phenoxy) is 1. The molecule has 1 aromatic heterocycles. The van der Waals surface area contributed by atoms with Gasteiger partial charge in [0.05, 0.1) is 12.3 Å². The Kier molecular flexibility index (Phi) is 11.0. The largest absolute Gasteiger partial charge is 0.439 e. The summed E-state index contributed by atoms with van der Waals surface area (Å²) in [6, 6.07) is 9.26. The molecule has 166 valence electrons. The number of hydrogen-bond donors (Lipinski definition) is 2. The van der Waals surface area contributed by atoms with Gasteiger partial charge in [0.1, 0.15) is 21.4 Å². The third kappa shape index (κ3) is 10.2. The molecule has 0 bridgehead atoms. The van der Waals surface area contributed by atoms with E-state index in [1.807, 2.05) is 19.9 Å². The lowest BCUT2D eigenvalue weighted by molar-refractivity contribution is 0.461. The summed E-state index contributed by atoms with van der Waals surface area (Å²) < 4.78 is 41.1. The first kappa shape index (κ1) is 26.1. The summed E-state index contributed by atoms with van der Waals surface area (Å²) in [6.07, 6.45) is 3.40.